The van der Waals surface area contributed by atoms with Gasteiger partial charge in [-0.15, -0.1) is 10.2 Å². The van der Waals surface area contributed by atoms with Crippen molar-refractivity contribution in [2.45, 2.75) is 32.7 Å². The summed E-state index contributed by atoms with van der Waals surface area (Å²) < 4.78 is 0. The number of rotatable bonds is 3. The van der Waals surface area contributed by atoms with Crippen LogP contribution in [0.25, 0.3) is 10.6 Å². The van der Waals surface area contributed by atoms with Gasteiger partial charge in [-0.3, -0.25) is 10.1 Å². The molecule has 0 saturated carbocycles. The Hall–Kier alpha value is -1.79. The van der Waals surface area contributed by atoms with Gasteiger partial charge < -0.3 is 5.32 Å². The summed E-state index contributed by atoms with van der Waals surface area (Å²) >= 11 is 1.41. The predicted molar refractivity (Wildman–Crippen MR) is 84.5 cm³/mol. The summed E-state index contributed by atoms with van der Waals surface area (Å²) in [5.74, 6) is -0.0178. The molecular weight excluding hydrogens is 284 g/mol. The highest BCUT2D eigenvalue weighted by molar-refractivity contribution is 7.18. The molecule has 1 saturated heterocycles. The third-order valence-electron chi connectivity index (χ3n) is 3.64. The van der Waals surface area contributed by atoms with Crippen molar-refractivity contribution in [1.82, 2.24) is 15.5 Å². The first-order chi connectivity index (χ1) is 10.1. The highest BCUT2D eigenvalue weighted by Gasteiger charge is 2.23. The zero-order valence-electron chi connectivity index (χ0n) is 12.1. The van der Waals surface area contributed by atoms with Gasteiger partial charge in [0.1, 0.15) is 5.01 Å². The van der Waals surface area contributed by atoms with Crippen molar-refractivity contribution in [3.63, 3.8) is 0 Å². The summed E-state index contributed by atoms with van der Waals surface area (Å²) in [6, 6.07) is 6.13. The van der Waals surface area contributed by atoms with Crippen LogP contribution in [-0.4, -0.2) is 28.7 Å². The fraction of sp³-hybridized carbons (Fsp3) is 0.400. The van der Waals surface area contributed by atoms with Crippen molar-refractivity contribution in [2.75, 3.05) is 11.9 Å². The molecule has 1 unspecified atom stereocenters. The van der Waals surface area contributed by atoms with Gasteiger partial charge in [0.2, 0.25) is 11.0 Å². The zero-order valence-corrected chi connectivity index (χ0v) is 13.0. The average molecular weight is 302 g/mol. The second kappa shape index (κ2) is 5.91. The number of carbonyl (C=O) groups excluding carboxylic acids is 1. The molecule has 0 bridgehead atoms. The molecule has 1 amide bonds. The zero-order chi connectivity index (χ0) is 14.8. The molecule has 6 heteroatoms. The third kappa shape index (κ3) is 3.11. The van der Waals surface area contributed by atoms with E-state index in [1.165, 1.54) is 22.5 Å². The normalized spacial score (nSPS) is 17.9. The van der Waals surface area contributed by atoms with E-state index in [-0.39, 0.29) is 11.9 Å². The minimum absolute atomic E-state index is 0.0178. The Labute approximate surface area is 127 Å². The van der Waals surface area contributed by atoms with E-state index in [0.717, 1.165) is 30.0 Å². The van der Waals surface area contributed by atoms with Gasteiger partial charge in [0.25, 0.3) is 0 Å². The van der Waals surface area contributed by atoms with Gasteiger partial charge in [0.05, 0.1) is 6.04 Å². The van der Waals surface area contributed by atoms with E-state index in [1.54, 1.807) is 0 Å². The van der Waals surface area contributed by atoms with Gasteiger partial charge in [-0.25, -0.2) is 0 Å². The second-order valence-electron chi connectivity index (χ2n) is 5.37. The molecule has 1 aliphatic rings. The number of hydrogen-bond donors (Lipinski definition) is 2. The van der Waals surface area contributed by atoms with Gasteiger partial charge in [-0.2, -0.15) is 0 Å². The minimum atomic E-state index is -0.0986. The Morgan fingerprint density at radius 1 is 1.38 bits per heavy atom. The van der Waals surface area contributed by atoms with Crippen molar-refractivity contribution < 1.29 is 4.79 Å². The predicted octanol–water partition coefficient (Wildman–Crippen LogP) is 2.51. The molecule has 3 rings (SSSR count). The van der Waals surface area contributed by atoms with Crippen molar-refractivity contribution >= 4 is 22.4 Å². The van der Waals surface area contributed by atoms with Gasteiger partial charge in [0, 0.05) is 5.56 Å². The van der Waals surface area contributed by atoms with E-state index in [4.69, 9.17) is 0 Å². The van der Waals surface area contributed by atoms with Crippen LogP contribution in [0.5, 0.6) is 0 Å². The summed E-state index contributed by atoms with van der Waals surface area (Å²) in [5, 5.41) is 15.7. The highest BCUT2D eigenvalue weighted by Crippen LogP contribution is 2.29. The van der Waals surface area contributed by atoms with E-state index >= 15 is 0 Å². The number of nitrogens with zero attached hydrogens (tertiary/aromatic N) is 2. The molecule has 1 aromatic carbocycles. The first kappa shape index (κ1) is 14.2. The average Bonchev–Trinajstić information content (AvgIpc) is 3.09. The van der Waals surface area contributed by atoms with E-state index in [2.05, 4.69) is 52.9 Å². The molecule has 0 aliphatic carbocycles. The van der Waals surface area contributed by atoms with Crippen LogP contribution < -0.4 is 10.6 Å². The topological polar surface area (TPSA) is 66.9 Å². The van der Waals surface area contributed by atoms with Crippen LogP contribution >= 0.6 is 11.3 Å². The maximum absolute atomic E-state index is 12.0. The quantitative estimate of drug-likeness (QED) is 0.914. The number of aromatic nitrogens is 2. The molecule has 1 aromatic heterocycles. The molecule has 5 nitrogen and oxygen atoms in total. The lowest BCUT2D eigenvalue weighted by Gasteiger charge is -2.07. The fourth-order valence-electron chi connectivity index (χ4n) is 2.54. The van der Waals surface area contributed by atoms with Crippen LogP contribution in [0, 0.1) is 13.8 Å². The van der Waals surface area contributed by atoms with Gasteiger partial charge in [-0.1, -0.05) is 35.1 Å². The van der Waals surface area contributed by atoms with Gasteiger partial charge in [-0.05, 0) is 38.8 Å². The number of anilines is 1. The number of aryl methyl sites for hydroxylation is 2. The molecule has 21 heavy (non-hydrogen) atoms. The van der Waals surface area contributed by atoms with Crippen molar-refractivity contribution in [1.29, 1.82) is 0 Å². The van der Waals surface area contributed by atoms with E-state index in [1.807, 2.05) is 0 Å². The maximum atomic E-state index is 12.0. The summed E-state index contributed by atoms with van der Waals surface area (Å²) in [6.07, 6.45) is 1.93. The Morgan fingerprint density at radius 2 is 2.24 bits per heavy atom. The molecule has 0 spiro atoms. The molecule has 1 atom stereocenters. The summed E-state index contributed by atoms with van der Waals surface area (Å²) in [4.78, 5) is 12.0. The molecule has 1 fully saturated rings. The first-order valence-electron chi connectivity index (χ1n) is 7.09. The summed E-state index contributed by atoms with van der Waals surface area (Å²) in [7, 11) is 0. The van der Waals surface area contributed by atoms with Gasteiger partial charge in [0.15, 0.2) is 0 Å². The van der Waals surface area contributed by atoms with E-state index in [9.17, 15) is 4.79 Å². The number of carbonyl (C=O) groups is 1. The second-order valence-corrected chi connectivity index (χ2v) is 6.35. The standard InChI is InChI=1S/C15H18N4OS/c1-9-5-6-11(10(2)8-9)14-18-19-15(21-14)17-13(20)12-4-3-7-16-12/h5-6,8,12,16H,3-4,7H2,1-2H3,(H,17,19,20). The molecule has 0 radical (unpaired) electrons. The lowest BCUT2D eigenvalue weighted by Crippen LogP contribution is -2.35. The highest BCUT2D eigenvalue weighted by atomic mass is 32.1. The third-order valence-corrected chi connectivity index (χ3v) is 4.52. The lowest BCUT2D eigenvalue weighted by molar-refractivity contribution is -0.117. The Morgan fingerprint density at radius 3 is 2.95 bits per heavy atom. The van der Waals surface area contributed by atoms with Crippen LogP contribution in [0.4, 0.5) is 5.13 Å². The van der Waals surface area contributed by atoms with Crippen molar-refractivity contribution in [3.8, 4) is 10.6 Å². The van der Waals surface area contributed by atoms with Crippen molar-refractivity contribution in [3.05, 3.63) is 29.3 Å². The van der Waals surface area contributed by atoms with E-state index in [0.29, 0.717) is 5.13 Å². The van der Waals surface area contributed by atoms with Crippen LogP contribution in [0.1, 0.15) is 24.0 Å². The molecule has 2 N–H and O–H groups in total. The molecule has 110 valence electrons. The lowest BCUT2D eigenvalue weighted by atomic mass is 10.1. The Balaban J connectivity index is 1.75. The number of amides is 1. The Bertz CT molecular complexity index is 661. The van der Waals surface area contributed by atoms with Gasteiger partial charge >= 0.3 is 0 Å². The molecule has 2 aromatic rings. The number of nitrogens with one attached hydrogen (secondary N) is 2. The minimum Gasteiger partial charge on any atom is -0.306 e. The molecule has 2 heterocycles. The number of benzene rings is 1. The largest absolute Gasteiger partial charge is 0.306 e. The molecular formula is C15H18N4OS. The smallest absolute Gasteiger partial charge is 0.243 e. The Kier molecular flexibility index (Phi) is 3.98. The maximum Gasteiger partial charge on any atom is 0.243 e. The fourth-order valence-corrected chi connectivity index (χ4v) is 3.37. The van der Waals surface area contributed by atoms with Crippen LogP contribution in [-0.2, 0) is 4.79 Å². The number of hydrogen-bond acceptors (Lipinski definition) is 5. The van der Waals surface area contributed by atoms with Crippen LogP contribution in [0.3, 0.4) is 0 Å². The van der Waals surface area contributed by atoms with E-state index < -0.39 is 0 Å². The first-order valence-corrected chi connectivity index (χ1v) is 7.90. The monoisotopic (exact) mass is 302 g/mol. The van der Waals surface area contributed by atoms with Crippen LogP contribution in [0.2, 0.25) is 0 Å². The summed E-state index contributed by atoms with van der Waals surface area (Å²) in [6.45, 7) is 5.03. The molecule has 1 aliphatic heterocycles. The van der Waals surface area contributed by atoms with Crippen molar-refractivity contribution in [2.24, 2.45) is 0 Å². The summed E-state index contributed by atoms with van der Waals surface area (Å²) in [5.41, 5.74) is 3.46. The SMILES string of the molecule is Cc1ccc(-c2nnc(NC(=O)C3CCCN3)s2)c(C)c1. The van der Waals surface area contributed by atoms with Crippen LogP contribution in [0.15, 0.2) is 18.2 Å².